The highest BCUT2D eigenvalue weighted by Gasteiger charge is 2.41. The van der Waals surface area contributed by atoms with E-state index in [2.05, 4.69) is 61.2 Å². The molecule has 0 spiro atoms. The molecule has 1 aliphatic rings. The van der Waals surface area contributed by atoms with E-state index in [4.69, 9.17) is 9.47 Å². The molecule has 0 aromatic heterocycles. The molecule has 3 rings (SSSR count). The van der Waals surface area contributed by atoms with Gasteiger partial charge in [-0.15, -0.1) is 0 Å². The van der Waals surface area contributed by atoms with Crippen LogP contribution in [0.2, 0.25) is 0 Å². The van der Waals surface area contributed by atoms with E-state index < -0.39 is 0 Å². The normalized spacial score (nSPS) is 20.3. The Kier molecular flexibility index (Phi) is 9.01. The number of nitrogens with zero attached hydrogens (tertiary/aromatic N) is 2. The third-order valence-corrected chi connectivity index (χ3v) is 7.27. The highest BCUT2D eigenvalue weighted by atomic mass is 16.5. The second-order valence-corrected chi connectivity index (χ2v) is 10.1. The van der Waals surface area contributed by atoms with Gasteiger partial charge in [0.1, 0.15) is 5.75 Å². The summed E-state index contributed by atoms with van der Waals surface area (Å²) < 4.78 is 12.0. The van der Waals surface area contributed by atoms with E-state index in [9.17, 15) is 4.79 Å². The van der Waals surface area contributed by atoms with Gasteiger partial charge in [-0.2, -0.15) is 0 Å². The largest absolute Gasteiger partial charge is 0.496 e. The number of carbonyl (C=O) groups excluding carboxylic acids is 1. The minimum absolute atomic E-state index is 0.0825. The molecule has 1 heterocycles. The van der Waals surface area contributed by atoms with E-state index in [0.29, 0.717) is 25.4 Å². The van der Waals surface area contributed by atoms with Crippen LogP contribution in [0.3, 0.4) is 0 Å². The Morgan fingerprint density at radius 3 is 2.47 bits per heavy atom. The number of carbonyl (C=O) groups is 1. The van der Waals surface area contributed by atoms with E-state index in [-0.39, 0.29) is 17.4 Å². The van der Waals surface area contributed by atoms with Crippen LogP contribution in [-0.4, -0.2) is 51.3 Å². The first-order chi connectivity index (χ1) is 16.3. The Morgan fingerprint density at radius 2 is 1.85 bits per heavy atom. The molecule has 0 N–H and O–H groups in total. The van der Waals surface area contributed by atoms with Crippen molar-refractivity contribution in [3.8, 4) is 5.75 Å². The molecule has 1 fully saturated rings. The molecule has 186 valence electrons. The summed E-state index contributed by atoms with van der Waals surface area (Å²) in [6.45, 7) is 8.48. The lowest BCUT2D eigenvalue weighted by atomic mass is 9.68. The minimum atomic E-state index is -0.0825. The van der Waals surface area contributed by atoms with Crippen molar-refractivity contribution in [1.29, 1.82) is 0 Å². The van der Waals surface area contributed by atoms with Crippen LogP contribution in [0.5, 0.6) is 5.75 Å². The maximum absolute atomic E-state index is 13.0. The predicted octanol–water partition coefficient (Wildman–Crippen LogP) is 5.66. The van der Waals surface area contributed by atoms with Crippen molar-refractivity contribution in [2.45, 2.75) is 64.5 Å². The number of methoxy groups -OCH3 is 1. The second kappa shape index (κ2) is 11.7. The van der Waals surface area contributed by atoms with Gasteiger partial charge >= 0.3 is 0 Å². The van der Waals surface area contributed by atoms with Gasteiger partial charge in [-0.05, 0) is 48.9 Å². The van der Waals surface area contributed by atoms with Crippen LogP contribution in [0.25, 0.3) is 0 Å². The number of para-hydroxylation sites is 1. The van der Waals surface area contributed by atoms with Gasteiger partial charge in [0.05, 0.1) is 13.2 Å². The fourth-order valence-corrected chi connectivity index (χ4v) is 5.05. The van der Waals surface area contributed by atoms with Crippen LogP contribution in [-0.2, 0) is 21.5 Å². The van der Waals surface area contributed by atoms with Gasteiger partial charge in [-0.1, -0.05) is 51.1 Å². The maximum Gasteiger partial charge on any atom is 0.222 e. The average molecular weight is 467 g/mol. The van der Waals surface area contributed by atoms with Crippen molar-refractivity contribution in [3.05, 3.63) is 59.7 Å². The van der Waals surface area contributed by atoms with Gasteiger partial charge in [0.15, 0.2) is 0 Å². The summed E-state index contributed by atoms with van der Waals surface area (Å²) in [5.74, 6) is 1.57. The first-order valence-electron chi connectivity index (χ1n) is 12.6. The summed E-state index contributed by atoms with van der Waals surface area (Å²) >= 11 is 0. The van der Waals surface area contributed by atoms with E-state index in [1.165, 1.54) is 5.56 Å². The molecule has 0 bridgehead atoms. The summed E-state index contributed by atoms with van der Waals surface area (Å²) in [5.41, 5.74) is 3.48. The standard InChI is InChI=1S/C29H42N2O3/c1-7-28(32)31(21-23-12-14-24(15-13-23)30(4)5)18-16-29(17-19-34-27(20-29)22(2)3)25-10-8-9-11-26(25)33-6/h8-15,22,27H,7,16-21H2,1-6H3/t27-,29+/m1/s1. The molecule has 0 aliphatic carbocycles. The lowest BCUT2D eigenvalue weighted by Gasteiger charge is -2.44. The van der Waals surface area contributed by atoms with Crippen LogP contribution in [0.4, 0.5) is 5.69 Å². The monoisotopic (exact) mass is 466 g/mol. The van der Waals surface area contributed by atoms with Gasteiger partial charge in [-0.25, -0.2) is 0 Å². The van der Waals surface area contributed by atoms with Crippen LogP contribution >= 0.6 is 0 Å². The van der Waals surface area contributed by atoms with Crippen LogP contribution < -0.4 is 9.64 Å². The smallest absolute Gasteiger partial charge is 0.222 e. The van der Waals surface area contributed by atoms with E-state index in [1.807, 2.05) is 32.0 Å². The lowest BCUT2D eigenvalue weighted by molar-refractivity contribution is -0.132. The topological polar surface area (TPSA) is 42.0 Å². The first-order valence-corrected chi connectivity index (χ1v) is 12.6. The Bertz CT molecular complexity index is 925. The molecule has 1 saturated heterocycles. The Hall–Kier alpha value is -2.53. The molecule has 1 amide bonds. The molecule has 2 aromatic carbocycles. The summed E-state index contributed by atoms with van der Waals surface area (Å²) in [7, 11) is 5.82. The SMILES string of the molecule is CCC(=O)N(CC[C@]1(c2ccccc2OC)CCO[C@@H](C(C)C)C1)Cc1ccc(N(C)C)cc1. The summed E-state index contributed by atoms with van der Waals surface area (Å²) in [4.78, 5) is 17.1. The highest BCUT2D eigenvalue weighted by Crippen LogP contribution is 2.45. The molecule has 1 aliphatic heterocycles. The third kappa shape index (κ3) is 6.12. The molecule has 34 heavy (non-hydrogen) atoms. The number of benzene rings is 2. The number of anilines is 1. The molecule has 2 aromatic rings. The lowest BCUT2D eigenvalue weighted by Crippen LogP contribution is -2.44. The number of ether oxygens (including phenoxy) is 2. The number of hydrogen-bond donors (Lipinski definition) is 0. The van der Waals surface area contributed by atoms with Crippen molar-refractivity contribution in [3.63, 3.8) is 0 Å². The number of rotatable bonds is 10. The summed E-state index contributed by atoms with van der Waals surface area (Å²) in [6, 6.07) is 16.9. The molecule has 0 saturated carbocycles. The zero-order valence-corrected chi connectivity index (χ0v) is 21.8. The quantitative estimate of drug-likeness (QED) is 0.453. The zero-order chi connectivity index (χ0) is 24.7. The van der Waals surface area contributed by atoms with Crippen LogP contribution in [0.15, 0.2) is 48.5 Å². The first kappa shape index (κ1) is 26.1. The fourth-order valence-electron chi connectivity index (χ4n) is 5.05. The summed E-state index contributed by atoms with van der Waals surface area (Å²) in [5, 5.41) is 0. The Balaban J connectivity index is 1.87. The number of hydrogen-bond acceptors (Lipinski definition) is 4. The molecule has 0 radical (unpaired) electrons. The fraction of sp³-hybridized carbons (Fsp3) is 0.552. The van der Waals surface area contributed by atoms with Crippen molar-refractivity contribution >= 4 is 11.6 Å². The van der Waals surface area contributed by atoms with Crippen molar-refractivity contribution < 1.29 is 14.3 Å². The van der Waals surface area contributed by atoms with Crippen LogP contribution in [0.1, 0.15) is 57.6 Å². The van der Waals surface area contributed by atoms with Gasteiger partial charge in [-0.3, -0.25) is 4.79 Å². The third-order valence-electron chi connectivity index (χ3n) is 7.27. The average Bonchev–Trinajstić information content (AvgIpc) is 2.86. The van der Waals surface area contributed by atoms with Gasteiger partial charge in [0, 0.05) is 56.9 Å². The molecular formula is C29H42N2O3. The van der Waals surface area contributed by atoms with Crippen molar-refractivity contribution in [2.24, 2.45) is 5.92 Å². The van der Waals surface area contributed by atoms with E-state index in [1.54, 1.807) is 7.11 Å². The van der Waals surface area contributed by atoms with Gasteiger partial charge in [0.25, 0.3) is 0 Å². The zero-order valence-electron chi connectivity index (χ0n) is 21.8. The molecule has 5 nitrogen and oxygen atoms in total. The second-order valence-electron chi connectivity index (χ2n) is 10.1. The van der Waals surface area contributed by atoms with Crippen molar-refractivity contribution in [2.75, 3.05) is 39.3 Å². The van der Waals surface area contributed by atoms with Crippen LogP contribution in [0, 0.1) is 5.92 Å². The minimum Gasteiger partial charge on any atom is -0.496 e. The highest BCUT2D eigenvalue weighted by molar-refractivity contribution is 5.75. The molecular weight excluding hydrogens is 424 g/mol. The predicted molar refractivity (Wildman–Crippen MR) is 140 cm³/mol. The van der Waals surface area contributed by atoms with E-state index >= 15 is 0 Å². The maximum atomic E-state index is 13.0. The molecule has 5 heteroatoms. The summed E-state index contributed by atoms with van der Waals surface area (Å²) in [6.07, 6.45) is 3.47. The Morgan fingerprint density at radius 1 is 1.15 bits per heavy atom. The molecule has 0 unspecified atom stereocenters. The van der Waals surface area contributed by atoms with Gasteiger partial charge in [0.2, 0.25) is 5.91 Å². The number of amides is 1. The Labute approximate surface area is 206 Å². The van der Waals surface area contributed by atoms with Crippen molar-refractivity contribution in [1.82, 2.24) is 4.90 Å². The van der Waals surface area contributed by atoms with Gasteiger partial charge < -0.3 is 19.3 Å². The molecule has 2 atom stereocenters. The van der Waals surface area contributed by atoms with E-state index in [0.717, 1.165) is 42.9 Å².